The summed E-state index contributed by atoms with van der Waals surface area (Å²) in [5.74, 6) is 0.929. The van der Waals surface area contributed by atoms with Crippen LogP contribution in [0.5, 0.6) is 0 Å². The van der Waals surface area contributed by atoms with Gasteiger partial charge in [0.2, 0.25) is 0 Å². The van der Waals surface area contributed by atoms with Gasteiger partial charge in [-0.3, -0.25) is 0 Å². The third-order valence-electron chi connectivity index (χ3n) is 4.26. The summed E-state index contributed by atoms with van der Waals surface area (Å²) in [6.07, 6.45) is 16.5. The highest BCUT2D eigenvalue weighted by Crippen LogP contribution is 2.20. The van der Waals surface area contributed by atoms with Crippen LogP contribution in [-0.2, 0) is 0 Å². The first-order chi connectivity index (χ1) is 8.74. The van der Waals surface area contributed by atoms with Crippen molar-refractivity contribution in [2.45, 2.75) is 104 Å². The third kappa shape index (κ3) is 11.1. The molecule has 0 aromatic rings. The molecule has 0 bridgehead atoms. The first kappa shape index (κ1) is 18.0. The van der Waals surface area contributed by atoms with Crippen LogP contribution < -0.4 is 5.73 Å². The second kappa shape index (κ2) is 13.4. The summed E-state index contributed by atoms with van der Waals surface area (Å²) in [7, 11) is 0. The fourth-order valence-electron chi connectivity index (χ4n) is 2.60. The van der Waals surface area contributed by atoms with Gasteiger partial charge in [0.05, 0.1) is 0 Å². The summed E-state index contributed by atoms with van der Waals surface area (Å²) < 4.78 is 0. The molecule has 0 aliphatic carbocycles. The third-order valence-corrected chi connectivity index (χ3v) is 4.26. The molecular weight excluding hydrogens is 218 g/mol. The highest BCUT2D eigenvalue weighted by Gasteiger charge is 2.08. The first-order valence-corrected chi connectivity index (χ1v) is 8.50. The van der Waals surface area contributed by atoms with Gasteiger partial charge < -0.3 is 5.73 Å². The second-order valence-corrected chi connectivity index (χ2v) is 5.93. The maximum absolute atomic E-state index is 6.00. The Kier molecular flexibility index (Phi) is 13.4. The largest absolute Gasteiger partial charge is 0.328 e. The van der Waals surface area contributed by atoms with Crippen LogP contribution in [0.3, 0.4) is 0 Å². The maximum atomic E-state index is 6.00. The minimum atomic E-state index is 0.438. The van der Waals surface area contributed by atoms with Crippen LogP contribution in [0.25, 0.3) is 0 Å². The van der Waals surface area contributed by atoms with Crippen molar-refractivity contribution in [3.63, 3.8) is 0 Å². The van der Waals surface area contributed by atoms with Gasteiger partial charge in [0.1, 0.15) is 0 Å². The van der Waals surface area contributed by atoms with Crippen LogP contribution in [0.1, 0.15) is 97.8 Å². The molecule has 0 amide bonds. The van der Waals surface area contributed by atoms with Crippen molar-refractivity contribution < 1.29 is 0 Å². The lowest BCUT2D eigenvalue weighted by Crippen LogP contribution is -2.19. The fraction of sp³-hybridized carbons (Fsp3) is 1.00. The van der Waals surface area contributed by atoms with Gasteiger partial charge in [0, 0.05) is 6.04 Å². The monoisotopic (exact) mass is 255 g/mol. The van der Waals surface area contributed by atoms with E-state index in [9.17, 15) is 0 Å². The van der Waals surface area contributed by atoms with Crippen LogP contribution in [-0.4, -0.2) is 6.04 Å². The van der Waals surface area contributed by atoms with E-state index in [4.69, 9.17) is 5.73 Å². The van der Waals surface area contributed by atoms with Crippen LogP contribution in [0.2, 0.25) is 0 Å². The number of hydrogen-bond donors (Lipinski definition) is 1. The predicted molar refractivity (Wildman–Crippen MR) is 83.9 cm³/mol. The molecule has 2 atom stereocenters. The normalized spacial score (nSPS) is 14.7. The summed E-state index contributed by atoms with van der Waals surface area (Å²) in [4.78, 5) is 0. The molecule has 1 nitrogen and oxygen atoms in total. The molecule has 2 unspecified atom stereocenters. The smallest absolute Gasteiger partial charge is 0.00363 e. The van der Waals surface area contributed by atoms with Crippen molar-refractivity contribution in [2.24, 2.45) is 11.7 Å². The highest BCUT2D eigenvalue weighted by molar-refractivity contribution is 4.64. The van der Waals surface area contributed by atoms with Gasteiger partial charge in [-0.15, -0.1) is 0 Å². The molecule has 0 saturated carbocycles. The molecule has 0 aliphatic rings. The van der Waals surface area contributed by atoms with E-state index in [1.165, 1.54) is 70.6 Å². The van der Waals surface area contributed by atoms with Gasteiger partial charge in [-0.2, -0.15) is 0 Å². The number of hydrogen-bond acceptors (Lipinski definition) is 1. The molecule has 110 valence electrons. The minimum Gasteiger partial charge on any atom is -0.328 e. The first-order valence-electron chi connectivity index (χ1n) is 8.50. The molecular formula is C17H37N. The Morgan fingerprint density at radius 2 is 1.28 bits per heavy atom. The van der Waals surface area contributed by atoms with Crippen LogP contribution >= 0.6 is 0 Å². The van der Waals surface area contributed by atoms with Gasteiger partial charge in [0.15, 0.2) is 0 Å². The molecule has 0 aromatic heterocycles. The molecule has 0 radical (unpaired) electrons. The van der Waals surface area contributed by atoms with Crippen molar-refractivity contribution >= 4 is 0 Å². The van der Waals surface area contributed by atoms with E-state index in [0.29, 0.717) is 6.04 Å². The van der Waals surface area contributed by atoms with Crippen molar-refractivity contribution in [1.82, 2.24) is 0 Å². The summed E-state index contributed by atoms with van der Waals surface area (Å²) in [6, 6.07) is 0.438. The summed E-state index contributed by atoms with van der Waals surface area (Å²) in [6.45, 7) is 6.82. The van der Waals surface area contributed by atoms with E-state index in [-0.39, 0.29) is 0 Å². The average molecular weight is 255 g/mol. The van der Waals surface area contributed by atoms with E-state index in [2.05, 4.69) is 20.8 Å². The van der Waals surface area contributed by atoms with E-state index in [1.54, 1.807) is 0 Å². The van der Waals surface area contributed by atoms with Crippen molar-refractivity contribution in [3.05, 3.63) is 0 Å². The van der Waals surface area contributed by atoms with Gasteiger partial charge >= 0.3 is 0 Å². The summed E-state index contributed by atoms with van der Waals surface area (Å²) in [5.41, 5.74) is 6.00. The maximum Gasteiger partial charge on any atom is 0.00363 e. The molecule has 2 N–H and O–H groups in total. The minimum absolute atomic E-state index is 0.438. The molecule has 18 heavy (non-hydrogen) atoms. The molecule has 0 spiro atoms. The quantitative estimate of drug-likeness (QED) is 0.421. The van der Waals surface area contributed by atoms with Gasteiger partial charge in [0.25, 0.3) is 0 Å². The topological polar surface area (TPSA) is 26.0 Å². The van der Waals surface area contributed by atoms with E-state index < -0.39 is 0 Å². The van der Waals surface area contributed by atoms with Gasteiger partial charge in [-0.25, -0.2) is 0 Å². The van der Waals surface area contributed by atoms with Crippen molar-refractivity contribution in [2.75, 3.05) is 0 Å². The highest BCUT2D eigenvalue weighted by atomic mass is 14.6. The number of unbranched alkanes of at least 4 members (excludes halogenated alkanes) is 6. The Bertz CT molecular complexity index is 156. The standard InChI is InChI=1S/C17H37N/c1-4-7-8-9-10-11-12-13-16(5-2)14-15-17(18)6-3/h16-17H,4-15,18H2,1-3H3. The summed E-state index contributed by atoms with van der Waals surface area (Å²) >= 11 is 0. The molecule has 0 rings (SSSR count). The zero-order chi connectivity index (χ0) is 13.6. The van der Waals surface area contributed by atoms with Crippen molar-refractivity contribution in [1.29, 1.82) is 0 Å². The molecule has 1 heteroatoms. The zero-order valence-corrected chi connectivity index (χ0v) is 13.2. The van der Waals surface area contributed by atoms with Gasteiger partial charge in [-0.05, 0) is 25.2 Å². The fourth-order valence-corrected chi connectivity index (χ4v) is 2.60. The summed E-state index contributed by atoms with van der Waals surface area (Å²) in [5, 5.41) is 0. The predicted octanol–water partition coefficient (Wildman–Crippen LogP) is 5.67. The lowest BCUT2D eigenvalue weighted by molar-refractivity contribution is 0.382. The lowest BCUT2D eigenvalue weighted by Gasteiger charge is -2.17. The average Bonchev–Trinajstić information content (AvgIpc) is 2.40. The number of nitrogens with two attached hydrogens (primary N) is 1. The SMILES string of the molecule is CCCCCCCCCC(CC)CCC(N)CC. The van der Waals surface area contributed by atoms with Crippen LogP contribution in [0, 0.1) is 5.92 Å². The second-order valence-electron chi connectivity index (χ2n) is 5.93. The Labute approximate surface area is 116 Å². The van der Waals surface area contributed by atoms with E-state index >= 15 is 0 Å². The molecule has 0 fully saturated rings. The van der Waals surface area contributed by atoms with Crippen molar-refractivity contribution in [3.8, 4) is 0 Å². The van der Waals surface area contributed by atoms with Gasteiger partial charge in [-0.1, -0.05) is 78.6 Å². The zero-order valence-electron chi connectivity index (χ0n) is 13.2. The Hall–Kier alpha value is -0.0400. The molecule has 0 saturated heterocycles. The van der Waals surface area contributed by atoms with Crippen LogP contribution in [0.15, 0.2) is 0 Å². The molecule has 0 aliphatic heterocycles. The van der Waals surface area contributed by atoms with Crippen LogP contribution in [0.4, 0.5) is 0 Å². The molecule has 0 aromatic carbocycles. The number of rotatable bonds is 13. The Morgan fingerprint density at radius 1 is 0.667 bits per heavy atom. The molecule has 0 heterocycles. The van der Waals surface area contributed by atoms with E-state index in [0.717, 1.165) is 12.3 Å². The lowest BCUT2D eigenvalue weighted by atomic mass is 9.91. The Morgan fingerprint density at radius 3 is 1.83 bits per heavy atom. The van der Waals surface area contributed by atoms with E-state index in [1.807, 2.05) is 0 Å². The Balaban J connectivity index is 3.38.